The molecule has 4 nitrogen and oxygen atoms in total. The van der Waals surface area contributed by atoms with E-state index in [1.807, 2.05) is 0 Å². The molecular weight excluding hydrogens is 358 g/mol. The third kappa shape index (κ3) is 4.08. The van der Waals surface area contributed by atoms with Crippen LogP contribution in [0.5, 0.6) is 0 Å². The van der Waals surface area contributed by atoms with Crippen molar-refractivity contribution in [3.05, 3.63) is 71.3 Å². The molecule has 0 atom stereocenters. The summed E-state index contributed by atoms with van der Waals surface area (Å²) in [5.74, 6) is -1.84. The van der Waals surface area contributed by atoms with E-state index in [1.165, 1.54) is 36.7 Å². The Labute approximate surface area is 185 Å². The van der Waals surface area contributed by atoms with Gasteiger partial charge in [-0.15, -0.1) is 0 Å². The monoisotopic (exact) mass is 366 g/mol. The molecular formula is C17H9ClFKN2O2. The summed E-state index contributed by atoms with van der Waals surface area (Å²) in [4.78, 5) is 19.4. The smallest absolute Gasteiger partial charge is 0.545 e. The van der Waals surface area contributed by atoms with Crippen molar-refractivity contribution in [3.63, 3.8) is 0 Å². The van der Waals surface area contributed by atoms with Gasteiger partial charge >= 0.3 is 51.4 Å². The second-order valence-electron chi connectivity index (χ2n) is 4.74. The standard InChI is InChI=1S/C17H10ClFN2O2.K/c18-11-3-4-12(14(19)9-11)15-8-10(5-7-20-15)16-13(17(22)23)2-1-6-21-16;/h1-9H,(H,22,23);/q;+1/p-1. The summed E-state index contributed by atoms with van der Waals surface area (Å²) in [5.41, 5.74) is 1.32. The fraction of sp³-hybridized carbons (Fsp3) is 0. The van der Waals surface area contributed by atoms with Crippen molar-refractivity contribution in [3.8, 4) is 22.5 Å². The zero-order valence-electron chi connectivity index (χ0n) is 12.7. The third-order valence-electron chi connectivity index (χ3n) is 3.27. The molecule has 0 fully saturated rings. The van der Waals surface area contributed by atoms with E-state index in [2.05, 4.69) is 9.97 Å². The van der Waals surface area contributed by atoms with Gasteiger partial charge in [-0.05, 0) is 42.5 Å². The minimum atomic E-state index is -1.33. The summed E-state index contributed by atoms with van der Waals surface area (Å²) in [6.45, 7) is 0. The SMILES string of the molecule is O=C([O-])c1cccnc1-c1ccnc(-c2ccc(Cl)cc2F)c1.[K+]. The molecule has 3 rings (SSSR count). The number of carbonyl (C=O) groups excluding carboxylic acids is 1. The number of aromatic nitrogens is 2. The summed E-state index contributed by atoms with van der Waals surface area (Å²) in [5, 5.41) is 11.5. The second kappa shape index (κ2) is 8.29. The first-order valence-corrected chi connectivity index (χ1v) is 7.02. The van der Waals surface area contributed by atoms with Crippen LogP contribution in [0.15, 0.2) is 54.9 Å². The average molecular weight is 367 g/mol. The summed E-state index contributed by atoms with van der Waals surface area (Å²) < 4.78 is 14.0. The maximum atomic E-state index is 14.0. The quantitative estimate of drug-likeness (QED) is 0.611. The molecule has 1 aromatic carbocycles. The Hall–Kier alpha value is -1.15. The summed E-state index contributed by atoms with van der Waals surface area (Å²) in [6.07, 6.45) is 2.94. The van der Waals surface area contributed by atoms with Gasteiger partial charge in [0.15, 0.2) is 0 Å². The van der Waals surface area contributed by atoms with E-state index in [9.17, 15) is 14.3 Å². The molecule has 0 spiro atoms. The Morgan fingerprint density at radius 1 is 1.08 bits per heavy atom. The summed E-state index contributed by atoms with van der Waals surface area (Å²) in [7, 11) is 0. The summed E-state index contributed by atoms with van der Waals surface area (Å²) >= 11 is 5.74. The fourth-order valence-corrected chi connectivity index (χ4v) is 2.38. The molecule has 3 aromatic rings. The number of carboxylic acid groups (broad SMARTS) is 1. The van der Waals surface area contributed by atoms with Crippen molar-refractivity contribution < 1.29 is 65.7 Å². The molecule has 0 aliphatic heterocycles. The zero-order chi connectivity index (χ0) is 16.4. The van der Waals surface area contributed by atoms with Crippen molar-refractivity contribution >= 4 is 17.6 Å². The molecule has 0 aliphatic rings. The maximum absolute atomic E-state index is 14.0. The maximum Gasteiger partial charge on any atom is 1.00 e. The van der Waals surface area contributed by atoms with Crippen LogP contribution in [0.25, 0.3) is 22.5 Å². The van der Waals surface area contributed by atoms with Crippen LogP contribution in [0, 0.1) is 5.82 Å². The zero-order valence-corrected chi connectivity index (χ0v) is 16.5. The molecule has 7 heteroatoms. The van der Waals surface area contributed by atoms with Crippen molar-refractivity contribution in [2.24, 2.45) is 0 Å². The van der Waals surface area contributed by atoms with E-state index in [0.29, 0.717) is 11.3 Å². The minimum Gasteiger partial charge on any atom is -0.545 e. The number of pyridine rings is 2. The Morgan fingerprint density at radius 2 is 1.88 bits per heavy atom. The average Bonchev–Trinajstić information content (AvgIpc) is 2.55. The van der Waals surface area contributed by atoms with Crippen LogP contribution in [0.3, 0.4) is 0 Å². The number of nitrogens with zero attached hydrogens (tertiary/aromatic N) is 2. The summed E-state index contributed by atoms with van der Waals surface area (Å²) in [6, 6.07) is 10.4. The largest absolute Gasteiger partial charge is 1.00 e. The first kappa shape index (κ1) is 19.2. The van der Waals surface area contributed by atoms with E-state index in [-0.39, 0.29) is 73.2 Å². The van der Waals surface area contributed by atoms with Gasteiger partial charge in [0.05, 0.1) is 17.4 Å². The van der Waals surface area contributed by atoms with E-state index in [4.69, 9.17) is 11.6 Å². The van der Waals surface area contributed by atoms with Crippen LogP contribution in [0.2, 0.25) is 5.02 Å². The van der Waals surface area contributed by atoms with Gasteiger partial charge in [-0.25, -0.2) is 4.39 Å². The van der Waals surface area contributed by atoms with Crippen LogP contribution >= 0.6 is 11.6 Å². The molecule has 0 saturated carbocycles. The molecule has 0 aliphatic carbocycles. The first-order valence-electron chi connectivity index (χ1n) is 6.64. The molecule has 0 saturated heterocycles. The predicted octanol–water partition coefficient (Wildman–Crippen LogP) is -0.0294. The minimum absolute atomic E-state index is 0. The number of carbonyl (C=O) groups is 1. The molecule has 0 bridgehead atoms. The topological polar surface area (TPSA) is 65.9 Å². The van der Waals surface area contributed by atoms with E-state index in [0.717, 1.165) is 0 Å². The molecule has 2 heterocycles. The number of rotatable bonds is 3. The van der Waals surface area contributed by atoms with Gasteiger partial charge in [-0.3, -0.25) is 9.97 Å². The van der Waals surface area contributed by atoms with Gasteiger partial charge in [0.2, 0.25) is 0 Å². The number of carboxylic acids is 1. The van der Waals surface area contributed by atoms with E-state index in [1.54, 1.807) is 18.2 Å². The van der Waals surface area contributed by atoms with Crippen LogP contribution in [-0.4, -0.2) is 15.9 Å². The molecule has 114 valence electrons. The Balaban J connectivity index is 0.00000208. The van der Waals surface area contributed by atoms with Crippen molar-refractivity contribution in [1.29, 1.82) is 0 Å². The molecule has 0 N–H and O–H groups in total. The van der Waals surface area contributed by atoms with Gasteiger partial charge in [-0.1, -0.05) is 11.6 Å². The number of hydrogen-bond donors (Lipinski definition) is 0. The Bertz CT molecular complexity index is 905. The number of hydrogen-bond acceptors (Lipinski definition) is 4. The second-order valence-corrected chi connectivity index (χ2v) is 5.18. The normalized spacial score (nSPS) is 10.1. The Kier molecular flexibility index (Phi) is 6.62. The number of benzene rings is 1. The van der Waals surface area contributed by atoms with Gasteiger partial charge in [0.25, 0.3) is 0 Å². The van der Waals surface area contributed by atoms with Gasteiger partial charge in [0, 0.05) is 34.1 Å². The van der Waals surface area contributed by atoms with Gasteiger partial charge in [0.1, 0.15) is 5.82 Å². The van der Waals surface area contributed by atoms with Crippen LogP contribution in [0.4, 0.5) is 4.39 Å². The molecule has 0 unspecified atom stereocenters. The van der Waals surface area contributed by atoms with Gasteiger partial charge < -0.3 is 9.90 Å². The predicted molar refractivity (Wildman–Crippen MR) is 82.2 cm³/mol. The van der Waals surface area contributed by atoms with Gasteiger partial charge in [-0.2, -0.15) is 0 Å². The van der Waals surface area contributed by atoms with E-state index >= 15 is 0 Å². The van der Waals surface area contributed by atoms with Crippen LogP contribution in [-0.2, 0) is 0 Å². The van der Waals surface area contributed by atoms with Crippen molar-refractivity contribution in [1.82, 2.24) is 9.97 Å². The molecule has 0 amide bonds. The number of aromatic carboxylic acids is 1. The molecule has 2 aromatic heterocycles. The van der Waals surface area contributed by atoms with Crippen molar-refractivity contribution in [2.75, 3.05) is 0 Å². The van der Waals surface area contributed by atoms with Crippen LogP contribution < -0.4 is 56.5 Å². The number of halogens is 2. The Morgan fingerprint density at radius 3 is 2.58 bits per heavy atom. The van der Waals surface area contributed by atoms with Crippen molar-refractivity contribution in [2.45, 2.75) is 0 Å². The fourth-order valence-electron chi connectivity index (χ4n) is 2.22. The first-order chi connectivity index (χ1) is 11.1. The molecule has 24 heavy (non-hydrogen) atoms. The van der Waals surface area contributed by atoms with E-state index < -0.39 is 11.8 Å². The third-order valence-corrected chi connectivity index (χ3v) is 3.50. The van der Waals surface area contributed by atoms with Crippen LogP contribution in [0.1, 0.15) is 10.4 Å². The molecule has 0 radical (unpaired) electrons.